The average Bonchev–Trinajstić information content (AvgIpc) is 2.03. The molecule has 2 N–H and O–H groups in total. The van der Waals surface area contributed by atoms with Crippen LogP contribution in [0.3, 0.4) is 0 Å². The third kappa shape index (κ3) is 2.38. The first-order chi connectivity index (χ1) is 5.91. The van der Waals surface area contributed by atoms with Crippen LogP contribution in [0, 0.1) is 5.82 Å². The van der Waals surface area contributed by atoms with Crippen molar-refractivity contribution in [1.82, 2.24) is 4.98 Å². The third-order valence-electron chi connectivity index (χ3n) is 1.42. The lowest BCUT2D eigenvalue weighted by atomic mass is 10.2. The van der Waals surface area contributed by atoms with E-state index < -0.39 is 23.7 Å². The van der Waals surface area contributed by atoms with Crippen molar-refractivity contribution in [2.45, 2.75) is 12.2 Å². The van der Waals surface area contributed by atoms with E-state index in [0.29, 0.717) is 6.20 Å². The van der Waals surface area contributed by atoms with Gasteiger partial charge >= 0.3 is 6.18 Å². The van der Waals surface area contributed by atoms with Gasteiger partial charge in [0.05, 0.1) is 11.9 Å². The summed E-state index contributed by atoms with van der Waals surface area (Å²) in [6, 6.07) is -0.366. The van der Waals surface area contributed by atoms with Crippen LogP contribution in [0.15, 0.2) is 18.3 Å². The Morgan fingerprint density at radius 1 is 1.31 bits per heavy atom. The minimum Gasteiger partial charge on any atom is -0.315 e. The molecule has 0 unspecified atom stereocenters. The Morgan fingerprint density at radius 2 is 1.92 bits per heavy atom. The van der Waals surface area contributed by atoms with E-state index in [1.54, 1.807) is 0 Å². The normalized spacial score (nSPS) is 14.2. The molecule has 0 fully saturated rings. The molecule has 1 rings (SSSR count). The van der Waals surface area contributed by atoms with Gasteiger partial charge in [0.1, 0.15) is 11.9 Å². The largest absolute Gasteiger partial charge is 0.409 e. The van der Waals surface area contributed by atoms with Crippen molar-refractivity contribution in [3.05, 3.63) is 29.8 Å². The summed E-state index contributed by atoms with van der Waals surface area (Å²) in [6.45, 7) is 0. The summed E-state index contributed by atoms with van der Waals surface area (Å²) in [7, 11) is 0. The number of halogens is 4. The molecule has 0 saturated carbocycles. The maximum absolute atomic E-state index is 12.3. The maximum atomic E-state index is 12.3. The van der Waals surface area contributed by atoms with Crippen LogP contribution in [0.1, 0.15) is 11.7 Å². The maximum Gasteiger partial charge on any atom is 0.409 e. The van der Waals surface area contributed by atoms with Crippen LogP contribution in [0.25, 0.3) is 0 Å². The van der Waals surface area contributed by atoms with Gasteiger partial charge in [0, 0.05) is 0 Å². The fourth-order valence-corrected chi connectivity index (χ4v) is 0.739. The Bertz CT molecular complexity index is 280. The van der Waals surface area contributed by atoms with Gasteiger partial charge in [-0.2, -0.15) is 13.2 Å². The highest BCUT2D eigenvalue weighted by Crippen LogP contribution is 2.28. The smallest absolute Gasteiger partial charge is 0.315 e. The van der Waals surface area contributed by atoms with Crippen LogP contribution in [0.2, 0.25) is 0 Å². The topological polar surface area (TPSA) is 38.9 Å². The highest BCUT2D eigenvalue weighted by atomic mass is 19.4. The first-order valence-electron chi connectivity index (χ1n) is 3.35. The van der Waals surface area contributed by atoms with E-state index in [1.807, 2.05) is 0 Å². The van der Waals surface area contributed by atoms with Crippen molar-refractivity contribution in [2.24, 2.45) is 5.73 Å². The van der Waals surface area contributed by atoms with E-state index in [9.17, 15) is 17.6 Å². The lowest BCUT2D eigenvalue weighted by Crippen LogP contribution is -2.29. The molecule has 0 radical (unpaired) electrons. The van der Waals surface area contributed by atoms with Gasteiger partial charge in [-0.15, -0.1) is 0 Å². The monoisotopic (exact) mass is 194 g/mol. The summed E-state index contributed by atoms with van der Waals surface area (Å²) in [5, 5.41) is 0. The molecule has 0 aliphatic rings. The Morgan fingerprint density at radius 3 is 2.31 bits per heavy atom. The molecule has 0 bridgehead atoms. The van der Waals surface area contributed by atoms with Crippen LogP contribution >= 0.6 is 0 Å². The molecular formula is C7H6F4N2. The molecule has 1 heterocycles. The zero-order valence-corrected chi connectivity index (χ0v) is 6.35. The van der Waals surface area contributed by atoms with Gasteiger partial charge in [0.15, 0.2) is 0 Å². The lowest BCUT2D eigenvalue weighted by molar-refractivity contribution is -0.150. The molecule has 0 saturated heterocycles. The predicted molar refractivity (Wildman–Crippen MR) is 37.2 cm³/mol. The van der Waals surface area contributed by atoms with Crippen LogP contribution < -0.4 is 5.73 Å². The number of pyridine rings is 1. The third-order valence-corrected chi connectivity index (χ3v) is 1.42. The van der Waals surface area contributed by atoms with Crippen molar-refractivity contribution < 1.29 is 17.6 Å². The van der Waals surface area contributed by atoms with E-state index in [4.69, 9.17) is 5.73 Å². The highest BCUT2D eigenvalue weighted by molar-refractivity contribution is 5.10. The van der Waals surface area contributed by atoms with Gasteiger partial charge in [-0.3, -0.25) is 4.98 Å². The molecule has 0 aromatic carbocycles. The predicted octanol–water partition coefficient (Wildman–Crippen LogP) is 1.78. The second-order valence-electron chi connectivity index (χ2n) is 2.42. The molecule has 0 amide bonds. The number of hydrogen-bond donors (Lipinski definition) is 1. The molecule has 0 spiro atoms. The van der Waals surface area contributed by atoms with E-state index in [2.05, 4.69) is 4.98 Å². The summed E-state index contributed by atoms with van der Waals surface area (Å²) in [5.74, 6) is -0.696. The second-order valence-corrected chi connectivity index (χ2v) is 2.42. The molecule has 2 nitrogen and oxygen atoms in total. The van der Waals surface area contributed by atoms with E-state index in [1.165, 1.54) is 0 Å². The van der Waals surface area contributed by atoms with Crippen molar-refractivity contribution in [3.63, 3.8) is 0 Å². The lowest BCUT2D eigenvalue weighted by Gasteiger charge is -2.14. The Labute approximate surface area is 71.4 Å². The number of rotatable bonds is 1. The van der Waals surface area contributed by atoms with Gasteiger partial charge in [-0.05, 0) is 12.1 Å². The molecular weight excluding hydrogens is 188 g/mol. The highest BCUT2D eigenvalue weighted by Gasteiger charge is 2.38. The fourth-order valence-electron chi connectivity index (χ4n) is 0.739. The van der Waals surface area contributed by atoms with Gasteiger partial charge in [0.25, 0.3) is 0 Å². The number of alkyl halides is 3. The standard InChI is InChI=1S/C7H6F4N2/c8-4-1-2-5(13-3-4)6(12)7(9,10)11/h1-3,6H,12H2/t6-/m0/s1. The molecule has 72 valence electrons. The summed E-state index contributed by atoms with van der Waals surface area (Å²) in [5.41, 5.74) is 4.42. The molecule has 13 heavy (non-hydrogen) atoms. The van der Waals surface area contributed by atoms with Crippen LogP contribution in [0.5, 0.6) is 0 Å². The number of aromatic nitrogens is 1. The zero-order chi connectivity index (χ0) is 10.1. The average molecular weight is 194 g/mol. The Kier molecular flexibility index (Phi) is 2.51. The summed E-state index contributed by atoms with van der Waals surface area (Å²) < 4.78 is 48.2. The quantitative estimate of drug-likeness (QED) is 0.692. The van der Waals surface area contributed by atoms with Gasteiger partial charge in [-0.1, -0.05) is 0 Å². The van der Waals surface area contributed by atoms with Gasteiger partial charge in [0.2, 0.25) is 0 Å². The van der Waals surface area contributed by atoms with Crippen LogP contribution in [0.4, 0.5) is 17.6 Å². The first kappa shape index (κ1) is 9.91. The number of hydrogen-bond acceptors (Lipinski definition) is 2. The number of nitrogens with two attached hydrogens (primary N) is 1. The van der Waals surface area contributed by atoms with E-state index in [-0.39, 0.29) is 0 Å². The van der Waals surface area contributed by atoms with Crippen LogP contribution in [-0.2, 0) is 0 Å². The van der Waals surface area contributed by atoms with Gasteiger partial charge in [-0.25, -0.2) is 4.39 Å². The second kappa shape index (κ2) is 3.29. The van der Waals surface area contributed by atoms with E-state index in [0.717, 1.165) is 12.1 Å². The zero-order valence-electron chi connectivity index (χ0n) is 6.35. The summed E-state index contributed by atoms with van der Waals surface area (Å²) in [6.07, 6.45) is -3.86. The Hall–Kier alpha value is -1.17. The molecule has 1 atom stereocenters. The molecule has 1 aromatic rings. The van der Waals surface area contributed by atoms with Crippen LogP contribution in [-0.4, -0.2) is 11.2 Å². The minimum absolute atomic E-state index is 0.395. The van der Waals surface area contributed by atoms with Crippen molar-refractivity contribution in [3.8, 4) is 0 Å². The fraction of sp³-hybridized carbons (Fsp3) is 0.286. The van der Waals surface area contributed by atoms with Crippen molar-refractivity contribution in [1.29, 1.82) is 0 Å². The Balaban J connectivity index is 2.90. The SMILES string of the molecule is N[C@@H](c1ccc(F)cn1)C(F)(F)F. The first-order valence-corrected chi connectivity index (χ1v) is 3.35. The van der Waals surface area contributed by atoms with Crippen molar-refractivity contribution in [2.75, 3.05) is 0 Å². The summed E-state index contributed by atoms with van der Waals surface area (Å²) in [4.78, 5) is 3.22. The van der Waals surface area contributed by atoms with Crippen molar-refractivity contribution >= 4 is 0 Å². The molecule has 0 aliphatic heterocycles. The molecule has 6 heteroatoms. The molecule has 0 aliphatic carbocycles. The minimum atomic E-state index is -4.55. The molecule has 1 aromatic heterocycles. The number of nitrogens with zero attached hydrogens (tertiary/aromatic N) is 1. The van der Waals surface area contributed by atoms with Gasteiger partial charge < -0.3 is 5.73 Å². The summed E-state index contributed by atoms with van der Waals surface area (Å²) >= 11 is 0. The van der Waals surface area contributed by atoms with E-state index >= 15 is 0 Å².